The number of fused-ring (bicyclic) bond motifs is 2. The molecule has 0 saturated heterocycles. The van der Waals surface area contributed by atoms with Gasteiger partial charge in [-0.25, -0.2) is 5.10 Å². The molecule has 26 heavy (non-hydrogen) atoms. The predicted molar refractivity (Wildman–Crippen MR) is 95.8 cm³/mol. The number of rotatable bonds is 3. The average molecular weight is 348 g/mol. The fourth-order valence-electron chi connectivity index (χ4n) is 3.13. The van der Waals surface area contributed by atoms with Gasteiger partial charge in [0.2, 0.25) is 0 Å². The second kappa shape index (κ2) is 6.11. The van der Waals surface area contributed by atoms with Gasteiger partial charge in [-0.05, 0) is 35.4 Å². The molecule has 2 aromatic carbocycles. The molecule has 1 aromatic heterocycles. The van der Waals surface area contributed by atoms with Gasteiger partial charge >= 0.3 is 0 Å². The third-order valence-corrected chi connectivity index (χ3v) is 4.54. The Bertz CT molecular complexity index is 1100. The third kappa shape index (κ3) is 2.73. The fraction of sp³-hybridized carbons (Fsp3) is 0.158. The maximum absolute atomic E-state index is 12.4. The monoisotopic (exact) mass is 348 g/mol. The number of H-pyrrole nitrogens is 1. The molecule has 1 aliphatic heterocycles. The second-order valence-electron chi connectivity index (χ2n) is 6.34. The SMILES string of the molecule is CN1Cc2ccc(CNC(=O)c3ccc4c(=O)[nH]ncc4c3)cc2C1=O. The van der Waals surface area contributed by atoms with Gasteiger partial charge in [0, 0.05) is 36.7 Å². The van der Waals surface area contributed by atoms with Crippen LogP contribution in [0.2, 0.25) is 0 Å². The van der Waals surface area contributed by atoms with E-state index in [4.69, 9.17) is 0 Å². The lowest BCUT2D eigenvalue weighted by Crippen LogP contribution is -2.23. The Morgan fingerprint density at radius 1 is 1.23 bits per heavy atom. The summed E-state index contributed by atoms with van der Waals surface area (Å²) in [5, 5.41) is 10.0. The molecule has 7 heteroatoms. The molecule has 0 bridgehead atoms. The molecule has 2 amide bonds. The Morgan fingerprint density at radius 3 is 2.92 bits per heavy atom. The first-order valence-corrected chi connectivity index (χ1v) is 8.16. The minimum atomic E-state index is -0.290. The molecule has 0 saturated carbocycles. The van der Waals surface area contributed by atoms with E-state index in [0.717, 1.165) is 11.1 Å². The summed E-state index contributed by atoms with van der Waals surface area (Å²) in [6.45, 7) is 0.930. The van der Waals surface area contributed by atoms with Gasteiger partial charge in [0.05, 0.1) is 11.6 Å². The number of nitrogens with one attached hydrogen (secondary N) is 2. The maximum Gasteiger partial charge on any atom is 0.272 e. The van der Waals surface area contributed by atoms with E-state index in [-0.39, 0.29) is 17.4 Å². The second-order valence-corrected chi connectivity index (χ2v) is 6.34. The summed E-state index contributed by atoms with van der Waals surface area (Å²) in [6.07, 6.45) is 1.51. The predicted octanol–water partition coefficient (Wildman–Crippen LogP) is 1.44. The zero-order valence-corrected chi connectivity index (χ0v) is 14.1. The Balaban J connectivity index is 1.51. The normalized spacial score (nSPS) is 13.1. The fourth-order valence-corrected chi connectivity index (χ4v) is 3.13. The van der Waals surface area contributed by atoms with Crippen molar-refractivity contribution in [1.82, 2.24) is 20.4 Å². The molecule has 2 heterocycles. The van der Waals surface area contributed by atoms with Gasteiger partial charge in [-0.15, -0.1) is 0 Å². The minimum absolute atomic E-state index is 0.000396. The van der Waals surface area contributed by atoms with Crippen molar-refractivity contribution in [3.05, 3.63) is 75.2 Å². The van der Waals surface area contributed by atoms with Crippen LogP contribution in [0, 0.1) is 0 Å². The first-order valence-electron chi connectivity index (χ1n) is 8.16. The molecule has 7 nitrogen and oxygen atoms in total. The van der Waals surface area contributed by atoms with Gasteiger partial charge in [0.15, 0.2) is 0 Å². The van der Waals surface area contributed by atoms with Gasteiger partial charge in [-0.3, -0.25) is 14.4 Å². The first kappa shape index (κ1) is 16.0. The molecule has 0 fully saturated rings. The Morgan fingerprint density at radius 2 is 2.08 bits per heavy atom. The van der Waals surface area contributed by atoms with Crippen LogP contribution in [0.1, 0.15) is 31.8 Å². The lowest BCUT2D eigenvalue weighted by Gasteiger charge is -2.07. The van der Waals surface area contributed by atoms with E-state index >= 15 is 0 Å². The van der Waals surface area contributed by atoms with Crippen LogP contribution >= 0.6 is 0 Å². The first-order chi connectivity index (χ1) is 12.5. The summed E-state index contributed by atoms with van der Waals surface area (Å²) in [5.41, 5.74) is 2.71. The smallest absolute Gasteiger partial charge is 0.272 e. The van der Waals surface area contributed by atoms with Crippen LogP contribution in [-0.4, -0.2) is 34.0 Å². The third-order valence-electron chi connectivity index (χ3n) is 4.54. The largest absolute Gasteiger partial charge is 0.348 e. The summed E-state index contributed by atoms with van der Waals surface area (Å²) in [7, 11) is 1.77. The van der Waals surface area contributed by atoms with E-state index in [1.54, 1.807) is 30.1 Å². The van der Waals surface area contributed by atoms with Gasteiger partial charge in [0.25, 0.3) is 17.4 Å². The van der Waals surface area contributed by atoms with Gasteiger partial charge < -0.3 is 10.2 Å². The number of benzene rings is 2. The Kier molecular flexibility index (Phi) is 3.76. The Hall–Kier alpha value is -3.48. The van der Waals surface area contributed by atoms with Crippen LogP contribution < -0.4 is 10.9 Å². The summed E-state index contributed by atoms with van der Waals surface area (Å²) in [4.78, 5) is 37.8. The molecule has 3 aromatic rings. The van der Waals surface area contributed by atoms with E-state index in [1.807, 2.05) is 18.2 Å². The molecule has 0 unspecified atom stereocenters. The van der Waals surface area contributed by atoms with Crippen molar-refractivity contribution >= 4 is 22.6 Å². The standard InChI is InChI=1S/C19H16N4O3/c1-23-10-13-3-2-11(6-16(13)19(23)26)8-20-17(24)12-4-5-15-14(7-12)9-21-22-18(15)25/h2-7,9H,8,10H2,1H3,(H,20,24)(H,22,25). The van der Waals surface area contributed by atoms with E-state index in [2.05, 4.69) is 15.5 Å². The molecular weight excluding hydrogens is 332 g/mol. The van der Waals surface area contributed by atoms with Crippen molar-refractivity contribution in [3.8, 4) is 0 Å². The molecule has 0 radical (unpaired) electrons. The van der Waals surface area contributed by atoms with Crippen LogP contribution in [0.3, 0.4) is 0 Å². The van der Waals surface area contributed by atoms with Crippen LogP contribution in [0.5, 0.6) is 0 Å². The highest BCUT2D eigenvalue weighted by atomic mass is 16.2. The van der Waals surface area contributed by atoms with E-state index in [9.17, 15) is 14.4 Å². The topological polar surface area (TPSA) is 95.2 Å². The molecule has 0 spiro atoms. The number of aromatic nitrogens is 2. The van der Waals surface area contributed by atoms with Crippen LogP contribution in [0.25, 0.3) is 10.8 Å². The van der Waals surface area contributed by atoms with Crippen LogP contribution in [0.15, 0.2) is 47.4 Å². The lowest BCUT2D eigenvalue weighted by molar-refractivity contribution is 0.0816. The number of hydrogen-bond donors (Lipinski definition) is 2. The number of carbonyl (C=O) groups excluding carboxylic acids is 2. The summed E-state index contributed by atoms with van der Waals surface area (Å²) in [5.74, 6) is -0.253. The average Bonchev–Trinajstić information content (AvgIpc) is 2.93. The van der Waals surface area contributed by atoms with Gasteiger partial charge in [-0.2, -0.15) is 5.10 Å². The molecule has 1 aliphatic rings. The van der Waals surface area contributed by atoms with E-state index in [1.165, 1.54) is 6.20 Å². The van der Waals surface area contributed by atoms with Gasteiger partial charge in [-0.1, -0.05) is 12.1 Å². The molecule has 130 valence electrons. The van der Waals surface area contributed by atoms with E-state index < -0.39 is 0 Å². The number of hydrogen-bond acceptors (Lipinski definition) is 4. The highest BCUT2D eigenvalue weighted by Crippen LogP contribution is 2.22. The summed E-state index contributed by atoms with van der Waals surface area (Å²) < 4.78 is 0. The van der Waals surface area contributed by atoms with Crippen molar-refractivity contribution < 1.29 is 9.59 Å². The highest BCUT2D eigenvalue weighted by molar-refractivity contribution is 5.99. The number of nitrogens with zero attached hydrogens (tertiary/aromatic N) is 2. The summed E-state index contributed by atoms with van der Waals surface area (Å²) >= 11 is 0. The lowest BCUT2D eigenvalue weighted by atomic mass is 10.1. The van der Waals surface area contributed by atoms with Crippen molar-refractivity contribution in [2.45, 2.75) is 13.1 Å². The van der Waals surface area contributed by atoms with Crippen LogP contribution in [-0.2, 0) is 13.1 Å². The number of amides is 2. The van der Waals surface area contributed by atoms with Crippen molar-refractivity contribution in [1.29, 1.82) is 0 Å². The van der Waals surface area contributed by atoms with E-state index in [0.29, 0.717) is 35.0 Å². The number of carbonyl (C=O) groups is 2. The van der Waals surface area contributed by atoms with Crippen molar-refractivity contribution in [2.24, 2.45) is 0 Å². The Labute approximate surface area is 148 Å². The molecule has 0 atom stereocenters. The highest BCUT2D eigenvalue weighted by Gasteiger charge is 2.24. The zero-order valence-electron chi connectivity index (χ0n) is 14.1. The minimum Gasteiger partial charge on any atom is -0.348 e. The molecular formula is C19H16N4O3. The van der Waals surface area contributed by atoms with Crippen LogP contribution in [0.4, 0.5) is 0 Å². The quantitative estimate of drug-likeness (QED) is 0.749. The number of aromatic amines is 1. The maximum atomic E-state index is 12.4. The molecule has 4 rings (SSSR count). The molecule has 2 N–H and O–H groups in total. The summed E-state index contributed by atoms with van der Waals surface area (Å²) in [6, 6.07) is 10.5. The van der Waals surface area contributed by atoms with Crippen molar-refractivity contribution in [2.75, 3.05) is 7.05 Å². The van der Waals surface area contributed by atoms with Crippen molar-refractivity contribution in [3.63, 3.8) is 0 Å². The molecule has 0 aliphatic carbocycles. The zero-order chi connectivity index (χ0) is 18.3. The van der Waals surface area contributed by atoms with Gasteiger partial charge in [0.1, 0.15) is 0 Å².